The smallest absolute Gasteiger partial charge is 0.225 e. The molecule has 4 heterocycles. The molecule has 4 aliphatic rings. The van der Waals surface area contributed by atoms with Crippen molar-refractivity contribution >= 4 is 28.4 Å². The van der Waals surface area contributed by atoms with E-state index < -0.39 is 0 Å². The maximum absolute atomic E-state index is 13.4. The maximum Gasteiger partial charge on any atom is 0.225 e. The Bertz CT molecular complexity index is 1250. The van der Waals surface area contributed by atoms with Gasteiger partial charge < -0.3 is 25.1 Å². The molecule has 3 aliphatic heterocycles. The van der Waals surface area contributed by atoms with Crippen LogP contribution in [0.3, 0.4) is 0 Å². The van der Waals surface area contributed by atoms with E-state index in [2.05, 4.69) is 31.0 Å². The molecular weight excluding hydrogens is 552 g/mol. The number of carbonyl (C=O) groups is 2. The van der Waals surface area contributed by atoms with Gasteiger partial charge in [-0.1, -0.05) is 31.0 Å². The number of hydrogen-bond donors (Lipinski definition) is 2. The third-order valence-corrected chi connectivity index (χ3v) is 10.8. The van der Waals surface area contributed by atoms with Crippen molar-refractivity contribution in [3.63, 3.8) is 0 Å². The lowest BCUT2D eigenvalue weighted by Gasteiger charge is -2.41. The van der Waals surface area contributed by atoms with Crippen LogP contribution in [0.15, 0.2) is 30.5 Å². The van der Waals surface area contributed by atoms with Gasteiger partial charge in [-0.05, 0) is 70.0 Å². The number of likely N-dealkylation sites (tertiary alicyclic amines) is 2. The van der Waals surface area contributed by atoms with Crippen LogP contribution in [0.1, 0.15) is 69.8 Å². The molecule has 2 amide bonds. The number of benzene rings is 1. The molecule has 1 atom stereocenters. The Morgan fingerprint density at radius 1 is 0.886 bits per heavy atom. The molecule has 1 aromatic carbocycles. The summed E-state index contributed by atoms with van der Waals surface area (Å²) < 4.78 is 0. The number of aliphatic hydroxyl groups excluding tert-OH is 1. The Morgan fingerprint density at radius 3 is 2.45 bits per heavy atom. The van der Waals surface area contributed by atoms with E-state index in [-0.39, 0.29) is 24.5 Å². The van der Waals surface area contributed by atoms with Gasteiger partial charge in [-0.15, -0.1) is 0 Å². The quantitative estimate of drug-likeness (QED) is 0.428. The average molecular weight is 605 g/mol. The summed E-state index contributed by atoms with van der Waals surface area (Å²) in [6.45, 7) is 9.07. The van der Waals surface area contributed by atoms with Gasteiger partial charge in [0.25, 0.3) is 0 Å². The molecule has 1 saturated carbocycles. The zero-order chi connectivity index (χ0) is 30.3. The van der Waals surface area contributed by atoms with Gasteiger partial charge in [-0.3, -0.25) is 19.5 Å². The van der Waals surface area contributed by atoms with Gasteiger partial charge in [0, 0.05) is 87.9 Å². The molecule has 1 aliphatic carbocycles. The number of aliphatic hydroxyl groups is 1. The molecule has 2 aromatic rings. The molecule has 0 spiro atoms. The summed E-state index contributed by atoms with van der Waals surface area (Å²) in [5.41, 5.74) is 2.90. The lowest BCUT2D eigenvalue weighted by atomic mass is 9.85. The number of piperidine rings is 1. The number of anilines is 1. The first kappa shape index (κ1) is 31.2. The Balaban J connectivity index is 1.13. The number of nitrogens with one attached hydrogen (secondary N) is 1. The second kappa shape index (κ2) is 15.0. The van der Waals surface area contributed by atoms with Crippen LogP contribution < -0.4 is 10.2 Å². The van der Waals surface area contributed by atoms with Gasteiger partial charge in [0.2, 0.25) is 11.8 Å². The van der Waals surface area contributed by atoms with Gasteiger partial charge >= 0.3 is 0 Å². The standard InChI is InChI=1S/C35H52N6O3/c42-26-30-11-10-28-9-5-14-37-33(28)34(30)40-19-6-18-39(23-24-40)31(25-32(43)36-15-22-38-16-3-4-17-38)27-12-20-41(21-13-27)35(44)29-7-1-2-8-29/h5,9-11,14,27,29,31,42H,1-4,6-8,12-13,15-26H2,(H,36,43). The highest BCUT2D eigenvalue weighted by Gasteiger charge is 2.36. The molecule has 6 rings (SSSR count). The fourth-order valence-corrected chi connectivity index (χ4v) is 8.30. The van der Waals surface area contributed by atoms with E-state index in [4.69, 9.17) is 4.98 Å². The van der Waals surface area contributed by atoms with E-state index in [1.165, 1.54) is 25.7 Å². The van der Waals surface area contributed by atoms with Crippen LogP contribution >= 0.6 is 0 Å². The maximum atomic E-state index is 13.4. The van der Waals surface area contributed by atoms with Gasteiger partial charge in [-0.2, -0.15) is 0 Å². The summed E-state index contributed by atoms with van der Waals surface area (Å²) in [4.78, 5) is 40.8. The lowest BCUT2D eigenvalue weighted by Crippen LogP contribution is -2.50. The van der Waals surface area contributed by atoms with Crippen LogP contribution in [0.4, 0.5) is 5.69 Å². The van der Waals surface area contributed by atoms with Crippen LogP contribution in [-0.4, -0.2) is 108 Å². The van der Waals surface area contributed by atoms with Gasteiger partial charge in [0.15, 0.2) is 0 Å². The average Bonchev–Trinajstić information content (AvgIpc) is 3.74. The molecule has 240 valence electrons. The summed E-state index contributed by atoms with van der Waals surface area (Å²) in [5.74, 6) is 1.14. The monoisotopic (exact) mass is 604 g/mol. The van der Waals surface area contributed by atoms with Gasteiger partial charge in [0.05, 0.1) is 17.8 Å². The molecule has 0 bridgehead atoms. The minimum absolute atomic E-state index is 0.0135. The number of pyridine rings is 1. The summed E-state index contributed by atoms with van der Waals surface area (Å²) in [7, 11) is 0. The van der Waals surface area contributed by atoms with E-state index in [1.807, 2.05) is 24.4 Å². The SMILES string of the molecule is O=C(CC(C1CCN(C(=O)C2CCCC2)CC1)N1CCCN(c2c(CO)ccc3cccnc23)CC1)NCCN1CCCC1. The van der Waals surface area contributed by atoms with Gasteiger partial charge in [0.1, 0.15) is 0 Å². The molecule has 0 radical (unpaired) electrons. The van der Waals surface area contributed by atoms with E-state index in [9.17, 15) is 14.7 Å². The highest BCUT2D eigenvalue weighted by molar-refractivity contribution is 5.92. The molecule has 4 fully saturated rings. The number of carbonyl (C=O) groups excluding carboxylic acids is 2. The second-order valence-corrected chi connectivity index (χ2v) is 13.5. The molecule has 9 nitrogen and oxygen atoms in total. The van der Waals surface area contributed by atoms with Crippen molar-refractivity contribution in [2.75, 3.05) is 70.3 Å². The van der Waals surface area contributed by atoms with E-state index in [1.54, 1.807) is 0 Å². The highest BCUT2D eigenvalue weighted by atomic mass is 16.3. The topological polar surface area (TPSA) is 92.2 Å². The molecule has 44 heavy (non-hydrogen) atoms. The third kappa shape index (κ3) is 7.37. The second-order valence-electron chi connectivity index (χ2n) is 13.5. The summed E-state index contributed by atoms with van der Waals surface area (Å²) >= 11 is 0. The third-order valence-electron chi connectivity index (χ3n) is 10.8. The van der Waals surface area contributed by atoms with Crippen LogP contribution in [0.5, 0.6) is 0 Å². The largest absolute Gasteiger partial charge is 0.392 e. The first-order chi connectivity index (χ1) is 21.6. The zero-order valence-corrected chi connectivity index (χ0v) is 26.5. The van der Waals surface area contributed by atoms with Crippen molar-refractivity contribution in [3.8, 4) is 0 Å². The number of nitrogens with zero attached hydrogens (tertiary/aromatic N) is 5. The molecule has 2 N–H and O–H groups in total. The summed E-state index contributed by atoms with van der Waals surface area (Å²) in [6.07, 6.45) is 12.3. The molecule has 1 unspecified atom stereocenters. The molecule has 9 heteroatoms. The van der Waals surface area contributed by atoms with Crippen molar-refractivity contribution in [3.05, 3.63) is 36.0 Å². The number of fused-ring (bicyclic) bond motifs is 1. The van der Waals surface area contributed by atoms with E-state index in [0.29, 0.717) is 24.8 Å². The van der Waals surface area contributed by atoms with Crippen molar-refractivity contribution in [2.24, 2.45) is 11.8 Å². The summed E-state index contributed by atoms with van der Waals surface area (Å²) in [6, 6.07) is 8.27. The number of rotatable bonds is 10. The van der Waals surface area contributed by atoms with Crippen molar-refractivity contribution in [1.82, 2.24) is 25.0 Å². The summed E-state index contributed by atoms with van der Waals surface area (Å²) in [5, 5.41) is 14.6. The predicted octanol–water partition coefficient (Wildman–Crippen LogP) is 3.64. The van der Waals surface area contributed by atoms with Crippen LogP contribution in [0.25, 0.3) is 10.9 Å². The molecular formula is C35H52N6O3. The Morgan fingerprint density at radius 2 is 1.68 bits per heavy atom. The number of aromatic nitrogens is 1. The van der Waals surface area contributed by atoms with Crippen LogP contribution in [-0.2, 0) is 16.2 Å². The first-order valence-electron chi connectivity index (χ1n) is 17.3. The van der Waals surface area contributed by atoms with Crippen LogP contribution in [0.2, 0.25) is 0 Å². The van der Waals surface area contributed by atoms with E-state index >= 15 is 0 Å². The van der Waals surface area contributed by atoms with E-state index in [0.717, 1.165) is 113 Å². The Kier molecular flexibility index (Phi) is 10.7. The minimum Gasteiger partial charge on any atom is -0.392 e. The zero-order valence-electron chi connectivity index (χ0n) is 26.5. The number of hydrogen-bond acceptors (Lipinski definition) is 7. The van der Waals surface area contributed by atoms with Crippen molar-refractivity contribution < 1.29 is 14.7 Å². The Hall–Kier alpha value is -2.75. The molecule has 3 saturated heterocycles. The van der Waals surface area contributed by atoms with Crippen molar-refractivity contribution in [2.45, 2.75) is 76.9 Å². The predicted molar refractivity (Wildman–Crippen MR) is 174 cm³/mol. The van der Waals surface area contributed by atoms with Gasteiger partial charge in [-0.25, -0.2) is 0 Å². The highest BCUT2D eigenvalue weighted by Crippen LogP contribution is 2.33. The number of amides is 2. The Labute approximate surface area is 263 Å². The fourth-order valence-electron chi connectivity index (χ4n) is 8.30. The van der Waals surface area contributed by atoms with Crippen molar-refractivity contribution in [1.29, 1.82) is 0 Å². The van der Waals surface area contributed by atoms with Crippen LogP contribution in [0, 0.1) is 11.8 Å². The normalized spacial score (nSPS) is 22.0. The molecule has 1 aromatic heterocycles. The lowest BCUT2D eigenvalue weighted by molar-refractivity contribution is -0.137. The minimum atomic E-state index is -0.0135. The first-order valence-corrected chi connectivity index (χ1v) is 17.3. The fraction of sp³-hybridized carbons (Fsp3) is 0.686.